The second-order valence-corrected chi connectivity index (χ2v) is 10.3. The van der Waals surface area contributed by atoms with Crippen molar-refractivity contribution in [3.8, 4) is 5.75 Å². The van der Waals surface area contributed by atoms with Crippen molar-refractivity contribution in [2.75, 3.05) is 24.8 Å². The van der Waals surface area contributed by atoms with E-state index < -0.39 is 9.84 Å². The molecule has 0 radical (unpaired) electrons. The molecule has 10 heteroatoms. The zero-order chi connectivity index (χ0) is 22.7. The van der Waals surface area contributed by atoms with Crippen molar-refractivity contribution in [1.29, 1.82) is 0 Å². The molecule has 4 rings (SSSR count). The molecule has 0 fully saturated rings. The van der Waals surface area contributed by atoms with E-state index in [1.807, 2.05) is 30.5 Å². The van der Waals surface area contributed by atoms with Gasteiger partial charge in [-0.2, -0.15) is 5.10 Å². The monoisotopic (exact) mass is 470 g/mol. The lowest BCUT2D eigenvalue weighted by Crippen LogP contribution is -2.35. The molecule has 32 heavy (non-hydrogen) atoms. The van der Waals surface area contributed by atoms with Gasteiger partial charge in [0, 0.05) is 25.2 Å². The lowest BCUT2D eigenvalue weighted by Gasteiger charge is -2.20. The Bertz CT molecular complexity index is 1330. The van der Waals surface area contributed by atoms with Gasteiger partial charge in [0.2, 0.25) is 5.91 Å². The lowest BCUT2D eigenvalue weighted by molar-refractivity contribution is -0.118. The van der Waals surface area contributed by atoms with Crippen molar-refractivity contribution < 1.29 is 17.9 Å². The number of rotatable bonds is 8. The topological polar surface area (TPSA) is 94.4 Å². The number of benzene rings is 2. The summed E-state index contributed by atoms with van der Waals surface area (Å²) in [4.78, 5) is 19.8. The first-order valence-corrected chi connectivity index (χ1v) is 12.6. The molecule has 0 aliphatic heterocycles. The predicted octanol–water partition coefficient (Wildman–Crippen LogP) is 3.18. The first-order valence-electron chi connectivity index (χ1n) is 9.85. The van der Waals surface area contributed by atoms with Gasteiger partial charge >= 0.3 is 0 Å². The summed E-state index contributed by atoms with van der Waals surface area (Å²) in [7, 11) is -1.68. The molecule has 0 bridgehead atoms. The number of thiazole rings is 1. The summed E-state index contributed by atoms with van der Waals surface area (Å²) in [5.74, 6) is 0.600. The molecule has 0 saturated carbocycles. The minimum Gasteiger partial charge on any atom is -0.497 e. The van der Waals surface area contributed by atoms with Crippen LogP contribution in [0.3, 0.4) is 0 Å². The molecule has 0 aliphatic carbocycles. The number of nitrogens with zero attached hydrogens (tertiary/aromatic N) is 4. The fraction of sp³-hybridized carbons (Fsp3) is 0.227. The molecular formula is C22H22N4O4S2. The summed E-state index contributed by atoms with van der Waals surface area (Å²) in [6.45, 7) is 0.921. The average Bonchev–Trinajstić information content (AvgIpc) is 3.42. The standard InChI is InChI=1S/C22H22N4O4S2/c1-30-17-6-9-19-20(15-17)31-22(24-19)26(13-12-25-11-3-10-23-25)21(27)14-16-4-7-18(8-5-16)32(2,28)29/h3-11,15H,12-14H2,1-2H3. The summed E-state index contributed by atoms with van der Waals surface area (Å²) in [5, 5.41) is 4.81. The van der Waals surface area contributed by atoms with Crippen LogP contribution in [0, 0.1) is 0 Å². The van der Waals surface area contributed by atoms with E-state index in [0.29, 0.717) is 18.2 Å². The van der Waals surface area contributed by atoms with Crippen molar-refractivity contribution in [3.63, 3.8) is 0 Å². The Labute approximate surface area is 190 Å². The Morgan fingerprint density at radius 1 is 1.19 bits per heavy atom. The maximum Gasteiger partial charge on any atom is 0.233 e. The normalized spacial score (nSPS) is 11.6. The molecule has 0 saturated heterocycles. The molecule has 0 spiro atoms. The van der Waals surface area contributed by atoms with Gasteiger partial charge in [-0.25, -0.2) is 13.4 Å². The third kappa shape index (κ3) is 4.97. The van der Waals surface area contributed by atoms with Crippen LogP contribution < -0.4 is 9.64 Å². The van der Waals surface area contributed by atoms with E-state index in [0.717, 1.165) is 27.8 Å². The smallest absolute Gasteiger partial charge is 0.233 e. The third-order valence-corrected chi connectivity index (χ3v) is 7.10. The number of carbonyl (C=O) groups is 1. The van der Waals surface area contributed by atoms with Crippen LogP contribution in [0.2, 0.25) is 0 Å². The number of amides is 1. The Morgan fingerprint density at radius 2 is 1.97 bits per heavy atom. The zero-order valence-corrected chi connectivity index (χ0v) is 19.3. The SMILES string of the molecule is COc1ccc2nc(N(CCn3cccn3)C(=O)Cc3ccc(S(C)(=O)=O)cc3)sc2c1. The highest BCUT2D eigenvalue weighted by Crippen LogP contribution is 2.32. The van der Waals surface area contributed by atoms with Gasteiger partial charge < -0.3 is 4.74 Å². The largest absolute Gasteiger partial charge is 0.497 e. The third-order valence-electron chi connectivity index (χ3n) is 4.94. The van der Waals surface area contributed by atoms with Crippen molar-refractivity contribution in [2.24, 2.45) is 0 Å². The molecule has 166 valence electrons. The average molecular weight is 471 g/mol. The lowest BCUT2D eigenvalue weighted by atomic mass is 10.1. The van der Waals surface area contributed by atoms with Crippen LogP contribution in [0.15, 0.2) is 65.8 Å². The molecule has 0 aliphatic rings. The Balaban J connectivity index is 1.60. The Hall–Kier alpha value is -3.24. The molecule has 1 amide bonds. The van der Waals surface area contributed by atoms with Crippen LogP contribution in [-0.2, 0) is 27.6 Å². The van der Waals surface area contributed by atoms with E-state index in [1.54, 1.807) is 35.0 Å². The van der Waals surface area contributed by atoms with E-state index in [1.165, 1.54) is 23.5 Å². The summed E-state index contributed by atoms with van der Waals surface area (Å²) in [6, 6.07) is 13.8. The van der Waals surface area contributed by atoms with E-state index in [9.17, 15) is 13.2 Å². The summed E-state index contributed by atoms with van der Waals surface area (Å²) in [5.41, 5.74) is 1.52. The summed E-state index contributed by atoms with van der Waals surface area (Å²) >= 11 is 1.42. The minimum atomic E-state index is -3.29. The second kappa shape index (κ2) is 9.09. The van der Waals surface area contributed by atoms with Gasteiger partial charge in [0.15, 0.2) is 15.0 Å². The van der Waals surface area contributed by atoms with E-state index in [4.69, 9.17) is 4.74 Å². The van der Waals surface area contributed by atoms with E-state index >= 15 is 0 Å². The number of ether oxygens (including phenoxy) is 1. The number of aromatic nitrogens is 3. The molecule has 0 N–H and O–H groups in total. The van der Waals surface area contributed by atoms with Gasteiger partial charge in [-0.05, 0) is 42.0 Å². The highest BCUT2D eigenvalue weighted by atomic mass is 32.2. The predicted molar refractivity (Wildman–Crippen MR) is 124 cm³/mol. The highest BCUT2D eigenvalue weighted by Gasteiger charge is 2.21. The quantitative estimate of drug-likeness (QED) is 0.393. The molecule has 4 aromatic rings. The fourth-order valence-electron chi connectivity index (χ4n) is 3.22. The van der Waals surface area contributed by atoms with Crippen molar-refractivity contribution in [2.45, 2.75) is 17.9 Å². The Kier molecular flexibility index (Phi) is 6.24. The summed E-state index contributed by atoms with van der Waals surface area (Å²) < 4.78 is 31.4. The molecule has 0 atom stereocenters. The van der Waals surface area contributed by atoms with Crippen LogP contribution in [0.4, 0.5) is 5.13 Å². The van der Waals surface area contributed by atoms with Gasteiger partial charge in [-0.1, -0.05) is 23.5 Å². The van der Waals surface area contributed by atoms with Crippen LogP contribution in [0.1, 0.15) is 5.56 Å². The van der Waals surface area contributed by atoms with Crippen LogP contribution in [0.25, 0.3) is 10.2 Å². The van der Waals surface area contributed by atoms with Crippen molar-refractivity contribution >= 4 is 42.4 Å². The van der Waals surface area contributed by atoms with Crippen LogP contribution in [-0.4, -0.2) is 49.0 Å². The minimum absolute atomic E-state index is 0.127. The van der Waals surface area contributed by atoms with Gasteiger partial charge in [0.05, 0.1) is 35.2 Å². The first kappa shape index (κ1) is 22.0. The van der Waals surface area contributed by atoms with Crippen molar-refractivity contribution in [1.82, 2.24) is 14.8 Å². The molecule has 8 nitrogen and oxygen atoms in total. The van der Waals surface area contributed by atoms with Gasteiger partial charge in [-0.15, -0.1) is 0 Å². The highest BCUT2D eigenvalue weighted by molar-refractivity contribution is 7.90. The number of methoxy groups -OCH3 is 1. The van der Waals surface area contributed by atoms with Gasteiger partial charge in [-0.3, -0.25) is 14.4 Å². The first-order chi connectivity index (χ1) is 15.3. The summed E-state index contributed by atoms with van der Waals surface area (Å²) in [6.07, 6.45) is 4.82. The number of fused-ring (bicyclic) bond motifs is 1. The number of sulfone groups is 1. The molecule has 2 aromatic heterocycles. The second-order valence-electron chi connectivity index (χ2n) is 7.24. The van der Waals surface area contributed by atoms with E-state index in [2.05, 4.69) is 10.1 Å². The number of hydrogen-bond donors (Lipinski definition) is 0. The number of hydrogen-bond acceptors (Lipinski definition) is 7. The number of carbonyl (C=O) groups excluding carboxylic acids is 1. The number of anilines is 1. The van der Waals surface area contributed by atoms with Crippen LogP contribution >= 0.6 is 11.3 Å². The molecule has 0 unspecified atom stereocenters. The maximum atomic E-state index is 13.3. The molecular weight excluding hydrogens is 448 g/mol. The van der Waals surface area contributed by atoms with Crippen molar-refractivity contribution in [3.05, 3.63) is 66.5 Å². The van der Waals surface area contributed by atoms with Gasteiger partial charge in [0.25, 0.3) is 0 Å². The molecule has 2 aromatic carbocycles. The zero-order valence-electron chi connectivity index (χ0n) is 17.6. The Morgan fingerprint density at radius 3 is 2.62 bits per heavy atom. The van der Waals surface area contributed by atoms with Gasteiger partial charge in [0.1, 0.15) is 5.75 Å². The fourth-order valence-corrected chi connectivity index (χ4v) is 4.89. The van der Waals surface area contributed by atoms with E-state index in [-0.39, 0.29) is 17.2 Å². The maximum absolute atomic E-state index is 13.3. The molecule has 2 heterocycles. The van der Waals surface area contributed by atoms with Crippen LogP contribution in [0.5, 0.6) is 5.75 Å².